The standard InChI is InChI=1S/C29H38FN3O3/c30-24-9-4-8-23(16-24)29(20-33-18-25(34)19-33,26-10-5-11-27(26)36-28(31)35)22-12-14-32(15-13-22)17-21-6-2-1-3-7-21/h1-4,6-9,16,22,25-27,34H,5,10-15,17-20H2,(H2,31,35)/t26-,27-,29?/m0/s1. The Kier molecular flexibility index (Phi) is 7.60. The number of carbonyl (C=O) groups is 1. The van der Waals surface area contributed by atoms with Crippen molar-refractivity contribution in [1.82, 2.24) is 9.80 Å². The number of hydrogen-bond donors (Lipinski definition) is 2. The van der Waals surface area contributed by atoms with Gasteiger partial charge in [0.25, 0.3) is 0 Å². The second kappa shape index (κ2) is 10.9. The van der Waals surface area contributed by atoms with Crippen LogP contribution in [0.25, 0.3) is 0 Å². The molecule has 1 unspecified atom stereocenters. The first kappa shape index (κ1) is 25.2. The van der Waals surface area contributed by atoms with E-state index < -0.39 is 11.5 Å². The maximum absolute atomic E-state index is 14.7. The Morgan fingerprint density at radius 3 is 2.44 bits per heavy atom. The van der Waals surface area contributed by atoms with Crippen LogP contribution in [-0.2, 0) is 16.7 Å². The number of halogens is 1. The van der Waals surface area contributed by atoms with Gasteiger partial charge in [0.2, 0.25) is 0 Å². The first-order valence-corrected chi connectivity index (χ1v) is 13.3. The number of nitrogens with zero attached hydrogens (tertiary/aromatic N) is 2. The minimum atomic E-state index is -0.739. The Hall–Kier alpha value is -2.48. The number of hydrogen-bond acceptors (Lipinski definition) is 5. The fourth-order valence-corrected chi connectivity index (χ4v) is 7.16. The van der Waals surface area contributed by atoms with Crippen molar-refractivity contribution in [1.29, 1.82) is 0 Å². The third kappa shape index (κ3) is 5.29. The molecule has 3 fully saturated rings. The van der Waals surface area contributed by atoms with Crippen LogP contribution in [0.5, 0.6) is 0 Å². The van der Waals surface area contributed by atoms with Crippen LogP contribution in [0.4, 0.5) is 9.18 Å². The SMILES string of the molecule is NC(=O)O[C@H]1CCC[C@@H]1C(CN1CC(O)C1)(c1cccc(F)c1)C1CCN(Cc2ccccc2)CC1. The number of β-amino-alcohol motifs (C(OH)–C–C–N with tert-alkyl or cyclic N) is 1. The minimum Gasteiger partial charge on any atom is -0.446 e. The number of benzene rings is 2. The Labute approximate surface area is 213 Å². The van der Waals surface area contributed by atoms with Gasteiger partial charge in [-0.25, -0.2) is 9.18 Å². The van der Waals surface area contributed by atoms with Gasteiger partial charge in [0, 0.05) is 37.5 Å². The Bertz CT molecular complexity index is 1020. The average molecular weight is 496 g/mol. The molecule has 0 radical (unpaired) electrons. The van der Waals surface area contributed by atoms with Gasteiger partial charge >= 0.3 is 6.09 Å². The highest BCUT2D eigenvalue weighted by molar-refractivity contribution is 5.65. The number of ether oxygens (including phenoxy) is 1. The van der Waals surface area contributed by atoms with Crippen molar-refractivity contribution < 1.29 is 19.0 Å². The molecule has 2 aliphatic heterocycles. The monoisotopic (exact) mass is 495 g/mol. The van der Waals surface area contributed by atoms with Crippen molar-refractivity contribution in [2.75, 3.05) is 32.7 Å². The van der Waals surface area contributed by atoms with Crippen LogP contribution in [0.1, 0.15) is 43.2 Å². The lowest BCUT2D eigenvalue weighted by Crippen LogP contribution is -2.61. The van der Waals surface area contributed by atoms with Crippen molar-refractivity contribution in [2.24, 2.45) is 17.6 Å². The van der Waals surface area contributed by atoms with Crippen LogP contribution in [0, 0.1) is 17.7 Å². The summed E-state index contributed by atoms with van der Waals surface area (Å²) < 4.78 is 20.4. The molecular formula is C29H38FN3O3. The van der Waals surface area contributed by atoms with E-state index in [1.54, 1.807) is 12.1 Å². The molecule has 3 N–H and O–H groups in total. The van der Waals surface area contributed by atoms with Crippen molar-refractivity contribution in [3.05, 3.63) is 71.5 Å². The molecule has 2 saturated heterocycles. The summed E-state index contributed by atoms with van der Waals surface area (Å²) in [5, 5.41) is 10.1. The lowest BCUT2D eigenvalue weighted by Gasteiger charge is -2.54. The number of aliphatic hydroxyl groups is 1. The Morgan fingerprint density at radius 2 is 1.78 bits per heavy atom. The van der Waals surface area contributed by atoms with E-state index in [-0.39, 0.29) is 23.9 Å². The zero-order valence-corrected chi connectivity index (χ0v) is 20.9. The summed E-state index contributed by atoms with van der Waals surface area (Å²) >= 11 is 0. The summed E-state index contributed by atoms with van der Waals surface area (Å²) in [4.78, 5) is 16.6. The molecule has 3 atom stereocenters. The summed E-state index contributed by atoms with van der Waals surface area (Å²) in [5.41, 5.74) is 7.40. The summed E-state index contributed by atoms with van der Waals surface area (Å²) in [6.07, 6.45) is 3.28. The topological polar surface area (TPSA) is 79.0 Å². The largest absolute Gasteiger partial charge is 0.446 e. The number of piperidine rings is 1. The van der Waals surface area contributed by atoms with E-state index in [0.717, 1.165) is 63.8 Å². The molecule has 2 aromatic rings. The molecule has 2 heterocycles. The molecule has 1 amide bonds. The quantitative estimate of drug-likeness (QED) is 0.581. The van der Waals surface area contributed by atoms with Gasteiger partial charge in [0.05, 0.1) is 6.10 Å². The van der Waals surface area contributed by atoms with E-state index in [0.29, 0.717) is 19.0 Å². The zero-order chi connectivity index (χ0) is 25.1. The maximum Gasteiger partial charge on any atom is 0.404 e. The minimum absolute atomic E-state index is 0.0511. The van der Waals surface area contributed by atoms with Crippen molar-refractivity contribution in [3.63, 3.8) is 0 Å². The van der Waals surface area contributed by atoms with Crippen LogP contribution in [0.3, 0.4) is 0 Å². The Balaban J connectivity index is 1.47. The lowest BCUT2D eigenvalue weighted by atomic mass is 9.58. The van der Waals surface area contributed by atoms with E-state index in [1.807, 2.05) is 6.07 Å². The lowest BCUT2D eigenvalue weighted by molar-refractivity contribution is -0.0517. The van der Waals surface area contributed by atoms with Crippen molar-refractivity contribution >= 4 is 6.09 Å². The van der Waals surface area contributed by atoms with Gasteiger partial charge < -0.3 is 15.6 Å². The highest BCUT2D eigenvalue weighted by Gasteiger charge is 2.54. The summed E-state index contributed by atoms with van der Waals surface area (Å²) in [6.45, 7) is 4.83. The number of amides is 1. The average Bonchev–Trinajstić information content (AvgIpc) is 3.30. The van der Waals surface area contributed by atoms with E-state index in [4.69, 9.17) is 10.5 Å². The number of nitrogens with two attached hydrogens (primary N) is 1. The number of rotatable bonds is 8. The fourth-order valence-electron chi connectivity index (χ4n) is 7.16. The predicted molar refractivity (Wildman–Crippen MR) is 137 cm³/mol. The maximum atomic E-state index is 14.7. The molecule has 5 rings (SSSR count). The highest BCUT2D eigenvalue weighted by Crippen LogP contribution is 2.52. The molecule has 7 heteroatoms. The van der Waals surface area contributed by atoms with E-state index in [9.17, 15) is 14.3 Å². The molecule has 0 bridgehead atoms. The summed E-state index contributed by atoms with van der Waals surface area (Å²) in [5.74, 6) is 0.105. The molecular weight excluding hydrogens is 457 g/mol. The van der Waals surface area contributed by atoms with Crippen LogP contribution in [0.2, 0.25) is 0 Å². The van der Waals surface area contributed by atoms with Gasteiger partial charge in [-0.2, -0.15) is 0 Å². The van der Waals surface area contributed by atoms with Gasteiger partial charge in [0.1, 0.15) is 11.9 Å². The van der Waals surface area contributed by atoms with Crippen molar-refractivity contribution in [2.45, 2.75) is 56.3 Å². The Morgan fingerprint density at radius 1 is 1.03 bits per heavy atom. The summed E-state index contributed by atoms with van der Waals surface area (Å²) in [7, 11) is 0. The first-order chi connectivity index (χ1) is 17.4. The zero-order valence-electron chi connectivity index (χ0n) is 20.9. The number of carbonyl (C=O) groups excluding carboxylic acids is 1. The molecule has 1 aliphatic carbocycles. The molecule has 194 valence electrons. The van der Waals surface area contributed by atoms with E-state index >= 15 is 0 Å². The van der Waals surface area contributed by atoms with Gasteiger partial charge in [0.15, 0.2) is 0 Å². The second-order valence-electron chi connectivity index (χ2n) is 10.9. The van der Waals surface area contributed by atoms with Gasteiger partial charge in [-0.1, -0.05) is 42.5 Å². The van der Waals surface area contributed by atoms with Crippen LogP contribution in [0.15, 0.2) is 54.6 Å². The first-order valence-electron chi connectivity index (χ1n) is 13.3. The molecule has 3 aliphatic rings. The third-order valence-electron chi connectivity index (χ3n) is 8.73. The molecule has 36 heavy (non-hydrogen) atoms. The van der Waals surface area contributed by atoms with Gasteiger partial charge in [-0.3, -0.25) is 9.80 Å². The molecule has 0 spiro atoms. The normalized spacial score (nSPS) is 25.8. The number of likely N-dealkylation sites (tertiary alicyclic amines) is 2. The number of aliphatic hydroxyl groups excluding tert-OH is 1. The van der Waals surface area contributed by atoms with Crippen LogP contribution >= 0.6 is 0 Å². The summed E-state index contributed by atoms with van der Waals surface area (Å²) in [6, 6.07) is 17.6. The van der Waals surface area contributed by atoms with E-state index in [2.05, 4.69) is 40.1 Å². The molecule has 0 aromatic heterocycles. The molecule has 6 nitrogen and oxygen atoms in total. The fraction of sp³-hybridized carbons (Fsp3) is 0.552. The second-order valence-corrected chi connectivity index (χ2v) is 10.9. The predicted octanol–water partition coefficient (Wildman–Crippen LogP) is 3.92. The van der Waals surface area contributed by atoms with Crippen LogP contribution in [-0.4, -0.2) is 65.9 Å². The van der Waals surface area contributed by atoms with E-state index in [1.165, 1.54) is 11.6 Å². The third-order valence-corrected chi connectivity index (χ3v) is 8.73. The number of primary amides is 1. The molecule has 2 aromatic carbocycles. The smallest absolute Gasteiger partial charge is 0.404 e. The van der Waals surface area contributed by atoms with Crippen molar-refractivity contribution in [3.8, 4) is 0 Å². The highest BCUT2D eigenvalue weighted by atomic mass is 19.1. The van der Waals surface area contributed by atoms with Gasteiger partial charge in [-0.05, 0) is 74.4 Å². The molecule has 1 saturated carbocycles. The van der Waals surface area contributed by atoms with Crippen LogP contribution < -0.4 is 5.73 Å². The van der Waals surface area contributed by atoms with Gasteiger partial charge in [-0.15, -0.1) is 0 Å².